The van der Waals surface area contributed by atoms with E-state index in [1.54, 1.807) is 0 Å². The van der Waals surface area contributed by atoms with Crippen LogP contribution in [0.2, 0.25) is 0 Å². The van der Waals surface area contributed by atoms with Gasteiger partial charge in [-0.25, -0.2) is 14.5 Å². The van der Waals surface area contributed by atoms with Crippen LogP contribution in [0.4, 0.5) is 11.5 Å². The largest absolute Gasteiger partial charge is 0.478 e. The van der Waals surface area contributed by atoms with Gasteiger partial charge in [0.05, 0.1) is 17.3 Å². The number of hydrogen-bond acceptors (Lipinski definition) is 6. The topological polar surface area (TPSA) is 87.4 Å². The van der Waals surface area contributed by atoms with Crippen molar-refractivity contribution in [3.63, 3.8) is 0 Å². The molecular formula is C21H24N6O2. The maximum atomic E-state index is 11.2. The lowest BCUT2D eigenvalue weighted by Gasteiger charge is -2.29. The third-order valence-corrected chi connectivity index (χ3v) is 5.81. The summed E-state index contributed by atoms with van der Waals surface area (Å²) < 4.78 is 1.45. The van der Waals surface area contributed by atoms with Crippen molar-refractivity contribution in [3.05, 3.63) is 36.2 Å². The van der Waals surface area contributed by atoms with Gasteiger partial charge >= 0.3 is 5.97 Å². The summed E-state index contributed by atoms with van der Waals surface area (Å²) >= 11 is 0. The average Bonchev–Trinajstić information content (AvgIpc) is 3.45. The fourth-order valence-corrected chi connectivity index (χ4v) is 4.25. The molecule has 29 heavy (non-hydrogen) atoms. The molecule has 1 aromatic carbocycles. The predicted molar refractivity (Wildman–Crippen MR) is 111 cm³/mol. The van der Waals surface area contributed by atoms with Crippen molar-refractivity contribution in [2.24, 2.45) is 0 Å². The number of fused-ring (bicyclic) bond motifs is 1. The van der Waals surface area contributed by atoms with Crippen molar-refractivity contribution in [1.82, 2.24) is 19.7 Å². The minimum atomic E-state index is -1.01. The number of aromatic carboxylic acids is 1. The summed E-state index contributed by atoms with van der Waals surface area (Å²) in [4.78, 5) is 25.5. The zero-order valence-corrected chi connectivity index (χ0v) is 16.3. The summed E-state index contributed by atoms with van der Waals surface area (Å²) in [6.07, 6.45) is 8.85. The number of rotatable bonds is 4. The number of nitrogens with zero attached hydrogens (tertiary/aromatic N) is 6. The highest BCUT2D eigenvalue weighted by Crippen LogP contribution is 2.31. The molecule has 5 rings (SSSR count). The van der Waals surface area contributed by atoms with Crippen LogP contribution in [0.3, 0.4) is 0 Å². The Morgan fingerprint density at radius 2 is 1.66 bits per heavy atom. The van der Waals surface area contributed by atoms with Crippen molar-refractivity contribution in [2.75, 3.05) is 36.0 Å². The van der Waals surface area contributed by atoms with E-state index in [2.05, 4.69) is 32.0 Å². The first kappa shape index (κ1) is 17.9. The minimum Gasteiger partial charge on any atom is -0.478 e. The van der Waals surface area contributed by atoms with Crippen LogP contribution < -0.4 is 9.80 Å². The second-order valence-electron chi connectivity index (χ2n) is 7.77. The molecule has 0 amide bonds. The van der Waals surface area contributed by atoms with Crippen LogP contribution in [0, 0.1) is 0 Å². The van der Waals surface area contributed by atoms with E-state index >= 15 is 0 Å². The lowest BCUT2D eigenvalue weighted by atomic mass is 10.1. The van der Waals surface area contributed by atoms with E-state index in [1.807, 2.05) is 6.07 Å². The van der Waals surface area contributed by atoms with E-state index in [0.717, 1.165) is 55.7 Å². The summed E-state index contributed by atoms with van der Waals surface area (Å²) in [6.45, 7) is 4.13. The van der Waals surface area contributed by atoms with Crippen molar-refractivity contribution in [3.8, 4) is 5.95 Å². The van der Waals surface area contributed by atoms with Gasteiger partial charge in [0.2, 0.25) is 0 Å². The molecule has 1 N–H and O–H groups in total. The summed E-state index contributed by atoms with van der Waals surface area (Å²) in [5, 5.41) is 14.4. The molecule has 2 aliphatic heterocycles. The minimum absolute atomic E-state index is 0.122. The molecule has 8 heteroatoms. The van der Waals surface area contributed by atoms with Crippen LogP contribution in [0.5, 0.6) is 0 Å². The summed E-state index contributed by atoms with van der Waals surface area (Å²) in [5.41, 5.74) is 2.20. The van der Waals surface area contributed by atoms with Crippen molar-refractivity contribution >= 4 is 28.4 Å². The quantitative estimate of drug-likeness (QED) is 0.730. The van der Waals surface area contributed by atoms with E-state index in [1.165, 1.54) is 42.0 Å². The molecule has 0 bridgehead atoms. The number of carboxylic acid groups (broad SMARTS) is 1. The van der Waals surface area contributed by atoms with Gasteiger partial charge in [-0.05, 0) is 50.3 Å². The molecule has 0 spiro atoms. The maximum absolute atomic E-state index is 11.2. The van der Waals surface area contributed by atoms with Gasteiger partial charge in [0.15, 0.2) is 0 Å². The van der Waals surface area contributed by atoms with Gasteiger partial charge < -0.3 is 14.9 Å². The van der Waals surface area contributed by atoms with E-state index in [-0.39, 0.29) is 5.56 Å². The fraction of sp³-hybridized carbons (Fsp3) is 0.429. The number of hydrogen-bond donors (Lipinski definition) is 1. The Labute approximate surface area is 168 Å². The Morgan fingerprint density at radius 1 is 0.931 bits per heavy atom. The Bertz CT molecular complexity index is 1050. The molecule has 3 aromatic rings. The van der Waals surface area contributed by atoms with E-state index in [4.69, 9.17) is 4.98 Å². The molecule has 150 valence electrons. The van der Waals surface area contributed by atoms with Gasteiger partial charge in [-0.3, -0.25) is 0 Å². The molecule has 0 radical (unpaired) electrons. The molecule has 0 aliphatic carbocycles. The number of aromatic nitrogens is 4. The molecule has 2 saturated heterocycles. The molecule has 0 unspecified atom stereocenters. The first-order chi connectivity index (χ1) is 14.2. The van der Waals surface area contributed by atoms with Crippen LogP contribution in [0.1, 0.15) is 42.5 Å². The van der Waals surface area contributed by atoms with Crippen LogP contribution in [0.25, 0.3) is 16.9 Å². The smallest absolute Gasteiger partial charge is 0.338 e. The molecule has 4 heterocycles. The number of carboxylic acids is 1. The molecule has 2 fully saturated rings. The second kappa shape index (κ2) is 7.35. The normalized spacial score (nSPS) is 17.2. The van der Waals surface area contributed by atoms with Crippen LogP contribution >= 0.6 is 0 Å². The SMILES string of the molecule is O=C(O)c1cnn(-c2nc(N3CCCC3)c3cc(N4CCCCC4)ccc3n2)c1. The molecule has 0 saturated carbocycles. The lowest BCUT2D eigenvalue weighted by molar-refractivity contribution is 0.0697. The molecule has 8 nitrogen and oxygen atoms in total. The number of piperidine rings is 1. The fourth-order valence-electron chi connectivity index (χ4n) is 4.25. The first-order valence-electron chi connectivity index (χ1n) is 10.3. The zero-order chi connectivity index (χ0) is 19.8. The van der Waals surface area contributed by atoms with E-state index < -0.39 is 5.97 Å². The van der Waals surface area contributed by atoms with Crippen LogP contribution in [0.15, 0.2) is 30.6 Å². The van der Waals surface area contributed by atoms with Gasteiger partial charge in [0.1, 0.15) is 5.82 Å². The van der Waals surface area contributed by atoms with E-state index in [9.17, 15) is 9.90 Å². The van der Waals surface area contributed by atoms with Gasteiger partial charge in [-0.15, -0.1) is 0 Å². The van der Waals surface area contributed by atoms with Gasteiger partial charge in [-0.2, -0.15) is 10.1 Å². The maximum Gasteiger partial charge on any atom is 0.338 e. The molecule has 0 atom stereocenters. The van der Waals surface area contributed by atoms with Gasteiger partial charge in [0.25, 0.3) is 5.95 Å². The summed E-state index contributed by atoms with van der Waals surface area (Å²) in [7, 11) is 0. The molecule has 2 aliphatic rings. The zero-order valence-electron chi connectivity index (χ0n) is 16.3. The van der Waals surface area contributed by atoms with Crippen molar-refractivity contribution in [2.45, 2.75) is 32.1 Å². The molecule has 2 aromatic heterocycles. The Kier molecular flexibility index (Phi) is 4.54. The van der Waals surface area contributed by atoms with Gasteiger partial charge in [-0.1, -0.05) is 0 Å². The highest BCUT2D eigenvalue weighted by atomic mass is 16.4. The average molecular weight is 392 g/mol. The van der Waals surface area contributed by atoms with E-state index in [0.29, 0.717) is 5.95 Å². The van der Waals surface area contributed by atoms with Crippen molar-refractivity contribution in [1.29, 1.82) is 0 Å². The van der Waals surface area contributed by atoms with Crippen molar-refractivity contribution < 1.29 is 9.90 Å². The summed E-state index contributed by atoms with van der Waals surface area (Å²) in [5.74, 6) is 0.300. The highest BCUT2D eigenvalue weighted by Gasteiger charge is 2.21. The van der Waals surface area contributed by atoms with Crippen LogP contribution in [-0.2, 0) is 0 Å². The standard InChI is InChI=1S/C21H24N6O2/c28-20(29)15-13-22-27(14-15)21-23-18-7-6-16(25-8-2-1-3-9-25)12-17(18)19(24-21)26-10-4-5-11-26/h6-7,12-14H,1-5,8-11H2,(H,28,29). The first-order valence-corrected chi connectivity index (χ1v) is 10.3. The Balaban J connectivity index is 1.61. The van der Waals surface area contributed by atoms with Crippen LogP contribution in [-0.4, -0.2) is 57.0 Å². The third kappa shape index (κ3) is 3.39. The summed E-state index contributed by atoms with van der Waals surface area (Å²) in [6, 6.07) is 6.39. The highest BCUT2D eigenvalue weighted by molar-refractivity contribution is 5.93. The second-order valence-corrected chi connectivity index (χ2v) is 7.77. The molecular weight excluding hydrogens is 368 g/mol. The Hall–Kier alpha value is -3.16. The number of benzene rings is 1. The lowest BCUT2D eigenvalue weighted by Crippen LogP contribution is -2.29. The predicted octanol–water partition coefficient (Wildman–Crippen LogP) is 3.10. The van der Waals surface area contributed by atoms with Gasteiger partial charge in [0, 0.05) is 43.4 Å². The number of anilines is 2. The third-order valence-electron chi connectivity index (χ3n) is 5.81. The Morgan fingerprint density at radius 3 is 2.38 bits per heavy atom. The monoisotopic (exact) mass is 392 g/mol. The number of carbonyl (C=O) groups is 1.